The van der Waals surface area contributed by atoms with Gasteiger partial charge in [0.2, 0.25) is 0 Å². The third kappa shape index (κ3) is 5.45. The van der Waals surface area contributed by atoms with Gasteiger partial charge >= 0.3 is 30.4 Å². The van der Waals surface area contributed by atoms with Gasteiger partial charge in [-0.05, 0) is 33.0 Å². The Morgan fingerprint density at radius 2 is 1.09 bits per heavy atom. The maximum atomic E-state index is 13.4. The summed E-state index contributed by atoms with van der Waals surface area (Å²) in [6.45, 7) is 0. The van der Waals surface area contributed by atoms with Gasteiger partial charge < -0.3 is 9.05 Å². The Labute approximate surface area is 238 Å². The Morgan fingerprint density at radius 3 is 1.41 bits per heavy atom. The quantitative estimate of drug-likeness (QED) is 0.122. The van der Waals surface area contributed by atoms with Gasteiger partial charge in [-0.2, -0.15) is 9.36 Å². The Morgan fingerprint density at radius 1 is 0.705 bits per heavy atom. The van der Waals surface area contributed by atoms with Crippen molar-refractivity contribution in [3.63, 3.8) is 0 Å². The van der Waals surface area contributed by atoms with Crippen LogP contribution in [0, 0.1) is 46.3 Å². The number of nitro groups is 4. The second kappa shape index (κ2) is 11.5. The molecule has 0 aliphatic carbocycles. The standard InChI is InChI=1S/C18H13N12O13P/c1-42-44(41,43-2)9-16(25-17(31)23(19-21-25)12-5-3-10(27(33)34)7-14(12)29(37)38)26-18(32)24(20-22-26)13-6-4-11(28(35)36)8-15(13)30(39)40/h3-9H,1-2H3. The minimum absolute atomic E-state index is 0.250. The lowest BCUT2D eigenvalue weighted by Crippen LogP contribution is -2.34. The monoisotopic (exact) mass is 636 g/mol. The fourth-order valence-electron chi connectivity index (χ4n) is 3.50. The lowest BCUT2D eigenvalue weighted by atomic mass is 10.2. The van der Waals surface area contributed by atoms with Crippen LogP contribution in [0.15, 0.2) is 51.8 Å². The van der Waals surface area contributed by atoms with Crippen LogP contribution in [0.2, 0.25) is 0 Å². The molecule has 26 heteroatoms. The molecule has 0 saturated carbocycles. The van der Waals surface area contributed by atoms with E-state index in [2.05, 4.69) is 20.9 Å². The summed E-state index contributed by atoms with van der Waals surface area (Å²) in [6, 6.07) is 4.42. The molecule has 0 spiro atoms. The van der Waals surface area contributed by atoms with E-state index in [4.69, 9.17) is 9.05 Å². The molecule has 2 aromatic carbocycles. The molecular formula is C18H13N12O13P. The third-order valence-corrected chi connectivity index (χ3v) is 7.13. The summed E-state index contributed by atoms with van der Waals surface area (Å²) in [5.41, 5.74) is -7.22. The van der Waals surface area contributed by atoms with Gasteiger partial charge in [0.15, 0.2) is 17.2 Å². The molecule has 0 atom stereocenters. The van der Waals surface area contributed by atoms with Crippen LogP contribution in [0.4, 0.5) is 22.7 Å². The topological polar surface area (TPSA) is 314 Å². The van der Waals surface area contributed by atoms with Gasteiger partial charge in [0, 0.05) is 26.4 Å². The van der Waals surface area contributed by atoms with Crippen LogP contribution in [-0.2, 0) is 13.6 Å². The number of rotatable bonds is 11. The predicted molar refractivity (Wildman–Crippen MR) is 138 cm³/mol. The minimum atomic E-state index is -4.32. The van der Waals surface area contributed by atoms with Crippen LogP contribution in [0.3, 0.4) is 0 Å². The van der Waals surface area contributed by atoms with Gasteiger partial charge in [0.25, 0.3) is 11.4 Å². The first-order chi connectivity index (χ1) is 20.7. The number of benzene rings is 2. The first kappa shape index (κ1) is 30.6. The van der Waals surface area contributed by atoms with Crippen LogP contribution in [-0.4, -0.2) is 73.5 Å². The van der Waals surface area contributed by atoms with Crippen LogP contribution >= 0.6 is 7.60 Å². The molecule has 0 amide bonds. The molecule has 0 aliphatic heterocycles. The molecule has 0 unspecified atom stereocenters. The highest BCUT2D eigenvalue weighted by atomic mass is 31.2. The van der Waals surface area contributed by atoms with Crippen LogP contribution < -0.4 is 11.4 Å². The molecule has 44 heavy (non-hydrogen) atoms. The summed E-state index contributed by atoms with van der Waals surface area (Å²) in [5.74, 6) is -0.304. The van der Waals surface area contributed by atoms with E-state index in [0.29, 0.717) is 27.3 Å². The number of non-ortho nitro benzene ring substituents is 2. The van der Waals surface area contributed by atoms with Gasteiger partial charge in [0.05, 0.1) is 37.6 Å². The molecule has 25 nitrogen and oxygen atoms in total. The fourth-order valence-corrected chi connectivity index (χ4v) is 4.37. The summed E-state index contributed by atoms with van der Waals surface area (Å²) < 4.78 is 23.7. The zero-order valence-electron chi connectivity index (χ0n) is 21.7. The summed E-state index contributed by atoms with van der Waals surface area (Å²) in [7, 11) is -2.46. The Balaban J connectivity index is 1.97. The Hall–Kier alpha value is -6.33. The van der Waals surface area contributed by atoms with E-state index in [0.717, 1.165) is 38.5 Å². The molecular weight excluding hydrogens is 623 g/mol. The second-order valence-corrected chi connectivity index (χ2v) is 10.0. The van der Waals surface area contributed by atoms with Crippen molar-refractivity contribution in [2.45, 2.75) is 0 Å². The van der Waals surface area contributed by atoms with E-state index in [9.17, 15) is 54.6 Å². The number of hydrogen-bond donors (Lipinski definition) is 0. The highest BCUT2D eigenvalue weighted by Gasteiger charge is 2.30. The highest BCUT2D eigenvalue weighted by Crippen LogP contribution is 2.48. The van der Waals surface area contributed by atoms with Crippen molar-refractivity contribution in [1.82, 2.24) is 39.6 Å². The Kier molecular flexibility index (Phi) is 8.01. The van der Waals surface area contributed by atoms with E-state index < -0.39 is 78.6 Å². The minimum Gasteiger partial charge on any atom is -0.309 e. The predicted octanol–water partition coefficient (Wildman–Crippen LogP) is 0.412. The number of nitrogens with zero attached hydrogens (tertiary/aromatic N) is 12. The molecule has 0 radical (unpaired) electrons. The highest BCUT2D eigenvalue weighted by molar-refractivity contribution is 7.57. The zero-order valence-corrected chi connectivity index (χ0v) is 22.6. The molecule has 2 aromatic heterocycles. The Bertz CT molecular complexity index is 1920. The van der Waals surface area contributed by atoms with Crippen molar-refractivity contribution in [2.24, 2.45) is 0 Å². The molecule has 0 saturated heterocycles. The van der Waals surface area contributed by atoms with Gasteiger partial charge in [-0.3, -0.25) is 45.0 Å². The smallest absolute Gasteiger partial charge is 0.309 e. The lowest BCUT2D eigenvalue weighted by Gasteiger charge is -2.11. The van der Waals surface area contributed by atoms with Crippen molar-refractivity contribution in [1.29, 1.82) is 0 Å². The molecule has 228 valence electrons. The normalized spacial score (nSPS) is 11.2. The van der Waals surface area contributed by atoms with Gasteiger partial charge in [0.1, 0.15) is 0 Å². The first-order valence-corrected chi connectivity index (χ1v) is 12.8. The van der Waals surface area contributed by atoms with Crippen LogP contribution in [0.5, 0.6) is 0 Å². The largest absolute Gasteiger partial charge is 0.374 e. The van der Waals surface area contributed by atoms with Crippen LogP contribution in [0.1, 0.15) is 0 Å². The maximum absolute atomic E-state index is 13.4. The molecule has 0 N–H and O–H groups in total. The number of aromatic nitrogens is 8. The van der Waals surface area contributed by atoms with E-state index >= 15 is 0 Å². The zero-order chi connectivity index (χ0) is 32.5. The molecule has 0 aliphatic rings. The first-order valence-electron chi connectivity index (χ1n) is 11.1. The molecule has 0 fully saturated rings. The van der Waals surface area contributed by atoms with Crippen molar-refractivity contribution in [3.8, 4) is 11.4 Å². The van der Waals surface area contributed by atoms with Crippen LogP contribution in [0.25, 0.3) is 11.4 Å². The number of tetrazole rings is 2. The third-order valence-electron chi connectivity index (χ3n) is 5.57. The fraction of sp³-hybridized carbons (Fsp3) is 0.111. The van der Waals surface area contributed by atoms with E-state index in [1.807, 2.05) is 0 Å². The SMILES string of the molecule is COP(=O)(C=C(n1nnn(-c2ccc([N+](=O)[O-])cc2[N+](=O)[O-])c1=O)n1nnn(-c2ccc([N+](=O)[O-])cc2[N+](=O)[O-])c1=O)OC. The van der Waals surface area contributed by atoms with Crippen molar-refractivity contribution in [2.75, 3.05) is 14.2 Å². The van der Waals surface area contributed by atoms with E-state index in [1.54, 1.807) is 0 Å². The van der Waals surface area contributed by atoms with Crippen molar-refractivity contribution >= 4 is 30.3 Å². The van der Waals surface area contributed by atoms with E-state index in [-0.39, 0.29) is 9.36 Å². The molecule has 2 heterocycles. The summed E-state index contributed by atoms with van der Waals surface area (Å²) >= 11 is 0. The average molecular weight is 636 g/mol. The van der Waals surface area contributed by atoms with Crippen molar-refractivity contribution < 1.29 is 33.3 Å². The molecule has 4 aromatic rings. The molecule has 0 bridgehead atoms. The average Bonchev–Trinajstić information content (AvgIpc) is 3.56. The van der Waals surface area contributed by atoms with E-state index in [1.165, 1.54) is 0 Å². The summed E-state index contributed by atoms with van der Waals surface area (Å²) in [6.07, 6.45) is 0. The van der Waals surface area contributed by atoms with Gasteiger partial charge in [-0.25, -0.2) is 9.59 Å². The number of nitro benzene ring substituents is 4. The number of hydrogen-bond acceptors (Lipinski definition) is 17. The van der Waals surface area contributed by atoms with Crippen molar-refractivity contribution in [3.05, 3.63) is 109 Å². The molecule has 4 rings (SSSR count). The lowest BCUT2D eigenvalue weighted by molar-refractivity contribution is -0.394. The summed E-state index contributed by atoms with van der Waals surface area (Å²) in [5, 5.41) is 59.4. The summed E-state index contributed by atoms with van der Waals surface area (Å²) in [4.78, 5) is 68.2. The maximum Gasteiger partial charge on any atom is 0.374 e. The van der Waals surface area contributed by atoms with Gasteiger partial charge in [-0.1, -0.05) is 0 Å². The second-order valence-electron chi connectivity index (χ2n) is 7.94. The van der Waals surface area contributed by atoms with Gasteiger partial charge in [-0.15, -0.1) is 9.36 Å².